The molecule has 0 fully saturated rings. The summed E-state index contributed by atoms with van der Waals surface area (Å²) in [5.41, 5.74) is 5.39. The Balaban J connectivity index is 2.43. The second-order valence-electron chi connectivity index (χ2n) is 3.50. The number of alkyl halides is 3. The number of amidine groups is 1. The molecular formula is C10H7F3N4OS2. The maximum Gasteiger partial charge on any atom is 0.417 e. The van der Waals surface area contributed by atoms with Crippen molar-refractivity contribution in [3.8, 4) is 0 Å². The van der Waals surface area contributed by atoms with E-state index in [1.807, 2.05) is 0 Å². The highest BCUT2D eigenvalue weighted by Crippen LogP contribution is 2.36. The van der Waals surface area contributed by atoms with Gasteiger partial charge in [0.25, 0.3) is 0 Å². The number of hydrogen-bond acceptors (Lipinski definition) is 6. The summed E-state index contributed by atoms with van der Waals surface area (Å²) in [6, 6.07) is 3.52. The van der Waals surface area contributed by atoms with Crippen LogP contribution in [0.25, 0.3) is 0 Å². The number of nitrogens with two attached hydrogens (primary N) is 1. The standard InChI is InChI=1S/C10H7F3N4OS2/c11-10(12,13)7-3-5(20-9-16-15-4-19-9)1-2-6(7)8(14)17-18/h1-4,18H,(H2,14,17). The molecule has 0 aliphatic rings. The smallest absolute Gasteiger partial charge is 0.409 e. The van der Waals surface area contributed by atoms with Crippen molar-refractivity contribution in [2.45, 2.75) is 15.4 Å². The van der Waals surface area contributed by atoms with Crippen LogP contribution >= 0.6 is 23.1 Å². The van der Waals surface area contributed by atoms with Crippen LogP contribution in [0.1, 0.15) is 11.1 Å². The van der Waals surface area contributed by atoms with Gasteiger partial charge in [0.05, 0.1) is 5.56 Å². The van der Waals surface area contributed by atoms with Crippen molar-refractivity contribution in [2.24, 2.45) is 10.9 Å². The van der Waals surface area contributed by atoms with Crippen molar-refractivity contribution in [1.29, 1.82) is 0 Å². The monoisotopic (exact) mass is 320 g/mol. The summed E-state index contributed by atoms with van der Waals surface area (Å²) < 4.78 is 39.5. The Labute approximate surface area is 119 Å². The topological polar surface area (TPSA) is 84.4 Å². The Morgan fingerprint density at radius 1 is 1.40 bits per heavy atom. The van der Waals surface area contributed by atoms with Gasteiger partial charge in [-0.2, -0.15) is 13.2 Å². The SMILES string of the molecule is N/C(=N\O)c1ccc(Sc2nncs2)cc1C(F)(F)F. The molecule has 0 spiro atoms. The quantitative estimate of drug-likeness (QED) is 0.393. The fraction of sp³-hybridized carbons (Fsp3) is 0.100. The van der Waals surface area contributed by atoms with Crippen molar-refractivity contribution in [1.82, 2.24) is 10.2 Å². The lowest BCUT2D eigenvalue weighted by molar-refractivity contribution is -0.137. The van der Waals surface area contributed by atoms with Crippen LogP contribution in [0.4, 0.5) is 13.2 Å². The summed E-state index contributed by atoms with van der Waals surface area (Å²) in [6.07, 6.45) is -4.61. The number of rotatable bonds is 3. The summed E-state index contributed by atoms with van der Waals surface area (Å²) in [4.78, 5) is 0.337. The lowest BCUT2D eigenvalue weighted by Crippen LogP contribution is -2.20. The minimum Gasteiger partial charge on any atom is -0.409 e. The van der Waals surface area contributed by atoms with Gasteiger partial charge in [0, 0.05) is 10.5 Å². The average molecular weight is 320 g/mol. The molecular weight excluding hydrogens is 313 g/mol. The molecule has 0 atom stereocenters. The number of hydrogen-bond donors (Lipinski definition) is 2. The molecule has 0 bridgehead atoms. The normalized spacial score (nSPS) is 12.7. The fourth-order valence-corrected chi connectivity index (χ4v) is 2.90. The molecule has 1 aromatic heterocycles. The summed E-state index contributed by atoms with van der Waals surface area (Å²) in [7, 11) is 0. The molecule has 0 saturated carbocycles. The van der Waals surface area contributed by atoms with Crippen LogP contribution in [0.15, 0.2) is 38.1 Å². The van der Waals surface area contributed by atoms with Crippen molar-refractivity contribution in [3.63, 3.8) is 0 Å². The van der Waals surface area contributed by atoms with Crippen molar-refractivity contribution in [3.05, 3.63) is 34.8 Å². The number of oxime groups is 1. The van der Waals surface area contributed by atoms with Gasteiger partial charge < -0.3 is 10.9 Å². The van der Waals surface area contributed by atoms with Gasteiger partial charge in [0.1, 0.15) is 5.51 Å². The predicted octanol–water partition coefficient (Wildman–Crippen LogP) is 2.80. The number of benzene rings is 1. The van der Waals surface area contributed by atoms with Crippen LogP contribution in [0.2, 0.25) is 0 Å². The maximum absolute atomic E-state index is 13.0. The van der Waals surface area contributed by atoms with E-state index in [-0.39, 0.29) is 5.56 Å². The Hall–Kier alpha value is -1.81. The minimum atomic E-state index is -4.61. The molecule has 0 saturated heterocycles. The number of halogens is 3. The third-order valence-electron chi connectivity index (χ3n) is 2.23. The molecule has 2 aromatic rings. The Morgan fingerprint density at radius 2 is 2.15 bits per heavy atom. The molecule has 0 radical (unpaired) electrons. The molecule has 5 nitrogen and oxygen atoms in total. The Bertz CT molecular complexity index is 628. The van der Waals surface area contributed by atoms with Gasteiger partial charge in [0.15, 0.2) is 10.2 Å². The largest absolute Gasteiger partial charge is 0.417 e. The van der Waals surface area contributed by atoms with Crippen molar-refractivity contribution >= 4 is 28.9 Å². The van der Waals surface area contributed by atoms with E-state index in [2.05, 4.69) is 15.4 Å². The summed E-state index contributed by atoms with van der Waals surface area (Å²) in [6.45, 7) is 0. The molecule has 20 heavy (non-hydrogen) atoms. The first-order valence-electron chi connectivity index (χ1n) is 5.05. The van der Waals surface area contributed by atoms with Gasteiger partial charge in [-0.1, -0.05) is 28.3 Å². The zero-order valence-corrected chi connectivity index (χ0v) is 11.3. The van der Waals surface area contributed by atoms with Gasteiger partial charge >= 0.3 is 6.18 Å². The predicted molar refractivity (Wildman–Crippen MR) is 68.0 cm³/mol. The first-order valence-corrected chi connectivity index (χ1v) is 6.74. The maximum atomic E-state index is 13.0. The molecule has 0 amide bonds. The van der Waals surface area contributed by atoms with Crippen LogP contribution < -0.4 is 5.73 Å². The highest BCUT2D eigenvalue weighted by Gasteiger charge is 2.34. The molecule has 106 valence electrons. The first-order chi connectivity index (χ1) is 9.41. The zero-order chi connectivity index (χ0) is 14.8. The molecule has 10 heteroatoms. The Kier molecular flexibility index (Phi) is 4.14. The molecule has 3 N–H and O–H groups in total. The van der Waals surface area contributed by atoms with E-state index in [0.29, 0.717) is 9.24 Å². The molecule has 1 aromatic carbocycles. The Morgan fingerprint density at radius 3 is 2.70 bits per heavy atom. The minimum absolute atomic E-state index is 0.337. The fourth-order valence-electron chi connectivity index (χ4n) is 1.41. The van der Waals surface area contributed by atoms with E-state index in [1.165, 1.54) is 22.9 Å². The highest BCUT2D eigenvalue weighted by molar-refractivity contribution is 8.01. The molecule has 0 aliphatic carbocycles. The van der Waals surface area contributed by atoms with E-state index in [0.717, 1.165) is 23.9 Å². The van der Waals surface area contributed by atoms with E-state index >= 15 is 0 Å². The second kappa shape index (κ2) is 5.67. The highest BCUT2D eigenvalue weighted by atomic mass is 32.2. The zero-order valence-electron chi connectivity index (χ0n) is 9.63. The average Bonchev–Trinajstić information content (AvgIpc) is 2.89. The van der Waals surface area contributed by atoms with E-state index < -0.39 is 17.6 Å². The van der Waals surface area contributed by atoms with Crippen LogP contribution in [0.5, 0.6) is 0 Å². The number of aromatic nitrogens is 2. The van der Waals surface area contributed by atoms with Gasteiger partial charge in [-0.05, 0) is 18.2 Å². The molecule has 0 aliphatic heterocycles. The van der Waals surface area contributed by atoms with Crippen molar-refractivity contribution in [2.75, 3.05) is 0 Å². The van der Waals surface area contributed by atoms with Crippen LogP contribution in [-0.2, 0) is 6.18 Å². The van der Waals surface area contributed by atoms with Crippen molar-refractivity contribution < 1.29 is 18.4 Å². The van der Waals surface area contributed by atoms with E-state index in [4.69, 9.17) is 10.9 Å². The van der Waals surface area contributed by atoms with Gasteiger partial charge in [-0.3, -0.25) is 0 Å². The van der Waals surface area contributed by atoms with E-state index in [1.54, 1.807) is 0 Å². The van der Waals surface area contributed by atoms with Crippen LogP contribution in [0, 0.1) is 0 Å². The summed E-state index contributed by atoms with van der Waals surface area (Å²) in [5.74, 6) is -0.593. The molecule has 0 unspecified atom stereocenters. The summed E-state index contributed by atoms with van der Waals surface area (Å²) >= 11 is 2.27. The van der Waals surface area contributed by atoms with Crippen LogP contribution in [0.3, 0.4) is 0 Å². The molecule has 1 heterocycles. The first kappa shape index (κ1) is 14.6. The third kappa shape index (κ3) is 3.20. The van der Waals surface area contributed by atoms with Gasteiger partial charge in [-0.25, -0.2) is 0 Å². The molecule has 2 rings (SSSR count). The van der Waals surface area contributed by atoms with Gasteiger partial charge in [-0.15, -0.1) is 10.2 Å². The van der Waals surface area contributed by atoms with Gasteiger partial charge in [0.2, 0.25) is 0 Å². The second-order valence-corrected chi connectivity index (χ2v) is 5.65. The third-order valence-corrected chi connectivity index (χ3v) is 3.99. The van der Waals surface area contributed by atoms with E-state index in [9.17, 15) is 13.2 Å². The lowest BCUT2D eigenvalue weighted by Gasteiger charge is -2.13. The lowest BCUT2D eigenvalue weighted by atomic mass is 10.1. The summed E-state index contributed by atoms with van der Waals surface area (Å²) in [5, 5.41) is 18.5. The van der Waals surface area contributed by atoms with Crippen LogP contribution in [-0.4, -0.2) is 21.2 Å². The number of nitrogens with zero attached hydrogens (tertiary/aromatic N) is 3.